The van der Waals surface area contributed by atoms with Crippen LogP contribution in [0.2, 0.25) is 0 Å². The molecule has 2 saturated heterocycles. The monoisotopic (exact) mass is 418 g/mol. The highest BCUT2D eigenvalue weighted by atomic mass is 16.7. The number of ether oxygens (including phenoxy) is 5. The van der Waals surface area contributed by atoms with E-state index in [0.29, 0.717) is 29.3 Å². The van der Waals surface area contributed by atoms with Gasteiger partial charge in [0.15, 0.2) is 5.79 Å². The standard InChI is InChI=1S/C24H34O6/c1-16-10-12-24(29-16)13-11-17(30-24)8-6-4-5-7-9-20-19-14-18(26-2)15-21(27-3)22(19)23(25)28-20/h14-17,20H,4-13H2,1-3H3/t16-,17-,20+,24+/m0/s1. The van der Waals surface area contributed by atoms with Gasteiger partial charge in [0.1, 0.15) is 23.2 Å². The largest absolute Gasteiger partial charge is 0.497 e. The Balaban J connectivity index is 1.19. The van der Waals surface area contributed by atoms with Crippen molar-refractivity contribution < 1.29 is 28.5 Å². The maximum atomic E-state index is 12.3. The fourth-order valence-electron chi connectivity index (χ4n) is 5.07. The Bertz CT molecular complexity index is 762. The molecule has 0 amide bonds. The van der Waals surface area contributed by atoms with Gasteiger partial charge in [-0.2, -0.15) is 0 Å². The number of cyclic esters (lactones) is 1. The highest BCUT2D eigenvalue weighted by Gasteiger charge is 2.45. The lowest BCUT2D eigenvalue weighted by atomic mass is 9.98. The third kappa shape index (κ3) is 4.45. The molecule has 0 unspecified atom stereocenters. The number of carbonyl (C=O) groups is 1. The van der Waals surface area contributed by atoms with E-state index in [1.54, 1.807) is 20.3 Å². The van der Waals surface area contributed by atoms with Gasteiger partial charge in [-0.05, 0) is 45.1 Å². The van der Waals surface area contributed by atoms with Crippen molar-refractivity contribution >= 4 is 5.97 Å². The number of carbonyl (C=O) groups excluding carboxylic acids is 1. The summed E-state index contributed by atoms with van der Waals surface area (Å²) in [5, 5.41) is 0. The minimum Gasteiger partial charge on any atom is -0.497 e. The lowest BCUT2D eigenvalue weighted by Crippen LogP contribution is -2.28. The molecule has 3 aliphatic rings. The van der Waals surface area contributed by atoms with Gasteiger partial charge in [0.2, 0.25) is 0 Å². The van der Waals surface area contributed by atoms with E-state index in [1.165, 1.54) is 12.8 Å². The average molecular weight is 419 g/mol. The number of hydrogen-bond donors (Lipinski definition) is 0. The van der Waals surface area contributed by atoms with Crippen molar-refractivity contribution in [2.45, 2.75) is 95.2 Å². The first kappa shape index (κ1) is 21.4. The zero-order valence-corrected chi connectivity index (χ0v) is 18.4. The zero-order chi connectivity index (χ0) is 21.1. The lowest BCUT2D eigenvalue weighted by Gasteiger charge is -2.24. The van der Waals surface area contributed by atoms with E-state index in [1.807, 2.05) is 6.07 Å². The van der Waals surface area contributed by atoms with Crippen molar-refractivity contribution in [3.63, 3.8) is 0 Å². The molecule has 6 heteroatoms. The molecule has 1 aromatic carbocycles. The summed E-state index contributed by atoms with van der Waals surface area (Å²) in [4.78, 5) is 12.3. The molecule has 3 aliphatic heterocycles. The first-order chi connectivity index (χ1) is 14.5. The van der Waals surface area contributed by atoms with Crippen LogP contribution in [0, 0.1) is 0 Å². The second-order valence-corrected chi connectivity index (χ2v) is 8.84. The molecule has 1 spiro atoms. The van der Waals surface area contributed by atoms with Crippen LogP contribution in [0.4, 0.5) is 0 Å². The smallest absolute Gasteiger partial charge is 0.342 e. The molecule has 0 saturated carbocycles. The summed E-state index contributed by atoms with van der Waals surface area (Å²) < 4.78 is 28.6. The summed E-state index contributed by atoms with van der Waals surface area (Å²) in [5.41, 5.74) is 1.42. The number of hydrogen-bond acceptors (Lipinski definition) is 6. The van der Waals surface area contributed by atoms with Crippen molar-refractivity contribution in [1.29, 1.82) is 0 Å². The molecule has 4 atom stereocenters. The Morgan fingerprint density at radius 2 is 1.77 bits per heavy atom. The molecule has 4 rings (SSSR count). The summed E-state index contributed by atoms with van der Waals surface area (Å²) in [6.45, 7) is 2.14. The van der Waals surface area contributed by atoms with Gasteiger partial charge in [-0.15, -0.1) is 0 Å². The van der Waals surface area contributed by atoms with E-state index < -0.39 is 0 Å². The number of rotatable bonds is 9. The molecule has 0 N–H and O–H groups in total. The molecule has 0 bridgehead atoms. The summed E-state index contributed by atoms with van der Waals surface area (Å²) in [6.07, 6.45) is 11.2. The molecule has 0 aliphatic carbocycles. The number of benzene rings is 1. The van der Waals surface area contributed by atoms with E-state index in [2.05, 4.69) is 6.92 Å². The summed E-state index contributed by atoms with van der Waals surface area (Å²) in [6, 6.07) is 3.63. The molecule has 0 radical (unpaired) electrons. The summed E-state index contributed by atoms with van der Waals surface area (Å²) >= 11 is 0. The van der Waals surface area contributed by atoms with Crippen LogP contribution in [0.25, 0.3) is 0 Å². The van der Waals surface area contributed by atoms with Crippen LogP contribution in [0.15, 0.2) is 12.1 Å². The van der Waals surface area contributed by atoms with Gasteiger partial charge in [0.05, 0.1) is 26.4 Å². The fourth-order valence-corrected chi connectivity index (χ4v) is 5.07. The van der Waals surface area contributed by atoms with Crippen molar-refractivity contribution in [2.24, 2.45) is 0 Å². The lowest BCUT2D eigenvalue weighted by molar-refractivity contribution is -0.214. The van der Waals surface area contributed by atoms with Crippen LogP contribution in [0.1, 0.15) is 93.2 Å². The molecule has 2 fully saturated rings. The Hall–Kier alpha value is -1.79. The van der Waals surface area contributed by atoms with Crippen LogP contribution < -0.4 is 9.47 Å². The number of fused-ring (bicyclic) bond motifs is 1. The molecule has 30 heavy (non-hydrogen) atoms. The molecule has 1 aromatic rings. The zero-order valence-electron chi connectivity index (χ0n) is 18.4. The van der Waals surface area contributed by atoms with E-state index >= 15 is 0 Å². The second-order valence-electron chi connectivity index (χ2n) is 8.84. The maximum absolute atomic E-state index is 12.3. The van der Waals surface area contributed by atoms with Crippen molar-refractivity contribution in [3.8, 4) is 11.5 Å². The maximum Gasteiger partial charge on any atom is 0.342 e. The van der Waals surface area contributed by atoms with Gasteiger partial charge in [-0.1, -0.05) is 19.3 Å². The molecule has 3 heterocycles. The quantitative estimate of drug-likeness (QED) is 0.399. The van der Waals surface area contributed by atoms with E-state index in [4.69, 9.17) is 23.7 Å². The third-order valence-electron chi connectivity index (χ3n) is 6.68. The fraction of sp³-hybridized carbons (Fsp3) is 0.708. The van der Waals surface area contributed by atoms with Crippen LogP contribution >= 0.6 is 0 Å². The highest BCUT2D eigenvalue weighted by Crippen LogP contribution is 2.43. The van der Waals surface area contributed by atoms with Gasteiger partial charge < -0.3 is 23.7 Å². The van der Waals surface area contributed by atoms with Crippen molar-refractivity contribution in [2.75, 3.05) is 14.2 Å². The highest BCUT2D eigenvalue weighted by molar-refractivity contribution is 5.97. The third-order valence-corrected chi connectivity index (χ3v) is 6.68. The van der Waals surface area contributed by atoms with E-state index in [0.717, 1.165) is 56.9 Å². The molecule has 0 aromatic heterocycles. The SMILES string of the molecule is COc1cc(OC)c2c(c1)[C@@H](CCCCCC[C@H]1CC[C@@]3(CC[C@H](C)O3)O1)OC2=O. The predicted octanol–water partition coefficient (Wildman–Crippen LogP) is 5.33. The first-order valence-electron chi connectivity index (χ1n) is 11.4. The van der Waals surface area contributed by atoms with E-state index in [9.17, 15) is 4.79 Å². The number of unbranched alkanes of at least 4 members (excludes halogenated alkanes) is 3. The number of methoxy groups -OCH3 is 2. The van der Waals surface area contributed by atoms with Gasteiger partial charge >= 0.3 is 5.97 Å². The Kier molecular flexibility index (Phi) is 6.54. The molecular formula is C24H34O6. The molecular weight excluding hydrogens is 384 g/mol. The topological polar surface area (TPSA) is 63.2 Å². The second kappa shape index (κ2) is 9.15. The van der Waals surface area contributed by atoms with Gasteiger partial charge in [-0.3, -0.25) is 0 Å². The number of esters is 1. The first-order valence-corrected chi connectivity index (χ1v) is 11.4. The normalized spacial score (nSPS) is 30.0. The Morgan fingerprint density at radius 3 is 2.47 bits per heavy atom. The van der Waals surface area contributed by atoms with Crippen molar-refractivity contribution in [1.82, 2.24) is 0 Å². The molecule has 6 nitrogen and oxygen atoms in total. The van der Waals surface area contributed by atoms with Crippen LogP contribution in [0.3, 0.4) is 0 Å². The Labute approximate surface area is 179 Å². The average Bonchev–Trinajstić information content (AvgIpc) is 3.41. The predicted molar refractivity (Wildman–Crippen MR) is 112 cm³/mol. The van der Waals surface area contributed by atoms with Crippen LogP contribution in [-0.2, 0) is 14.2 Å². The van der Waals surface area contributed by atoms with E-state index in [-0.39, 0.29) is 17.9 Å². The van der Waals surface area contributed by atoms with Crippen LogP contribution in [0.5, 0.6) is 11.5 Å². The van der Waals surface area contributed by atoms with Gasteiger partial charge in [0, 0.05) is 24.5 Å². The summed E-state index contributed by atoms with van der Waals surface area (Å²) in [5.74, 6) is 0.632. The minimum atomic E-state index is -0.301. The molecule has 166 valence electrons. The van der Waals surface area contributed by atoms with Crippen LogP contribution in [-0.4, -0.2) is 38.2 Å². The van der Waals surface area contributed by atoms with Gasteiger partial charge in [0.25, 0.3) is 0 Å². The van der Waals surface area contributed by atoms with Gasteiger partial charge in [-0.25, -0.2) is 4.79 Å². The van der Waals surface area contributed by atoms with Crippen molar-refractivity contribution in [3.05, 3.63) is 23.3 Å². The minimum absolute atomic E-state index is 0.212. The Morgan fingerprint density at radius 1 is 1.00 bits per heavy atom. The summed E-state index contributed by atoms with van der Waals surface area (Å²) in [7, 11) is 3.17.